The molecule has 3 nitrogen and oxygen atoms in total. The molecule has 1 aromatic carbocycles. The third-order valence-corrected chi connectivity index (χ3v) is 3.75. The summed E-state index contributed by atoms with van der Waals surface area (Å²) in [5, 5.41) is 0. The van der Waals surface area contributed by atoms with Crippen molar-refractivity contribution in [1.82, 2.24) is 4.90 Å². The number of fused-ring (bicyclic) bond motifs is 1. The molecule has 0 saturated carbocycles. The number of benzene rings is 1. The van der Waals surface area contributed by atoms with E-state index in [4.69, 9.17) is 10.5 Å². The molecule has 0 radical (unpaired) electrons. The molecule has 2 N–H and O–H groups in total. The number of rotatable bonds is 1. The smallest absolute Gasteiger partial charge is 0.0480 e. The zero-order valence-corrected chi connectivity index (χ0v) is 9.48. The van der Waals surface area contributed by atoms with Gasteiger partial charge in [-0.1, -0.05) is 12.1 Å². The zero-order chi connectivity index (χ0) is 11.0. The minimum absolute atomic E-state index is 0.681. The van der Waals surface area contributed by atoms with Crippen LogP contribution in [-0.2, 0) is 17.8 Å². The summed E-state index contributed by atoms with van der Waals surface area (Å²) in [5.74, 6) is 0. The molecule has 86 valence electrons. The summed E-state index contributed by atoms with van der Waals surface area (Å²) in [6.45, 7) is 3.90. The van der Waals surface area contributed by atoms with Crippen molar-refractivity contribution >= 4 is 5.69 Å². The fraction of sp³-hybridized carbons (Fsp3) is 0.538. The lowest BCUT2D eigenvalue weighted by Gasteiger charge is -2.30. The van der Waals surface area contributed by atoms with Crippen molar-refractivity contribution in [2.75, 3.05) is 18.9 Å². The fourth-order valence-corrected chi connectivity index (χ4v) is 2.78. The van der Waals surface area contributed by atoms with Gasteiger partial charge in [-0.15, -0.1) is 0 Å². The van der Waals surface area contributed by atoms with Crippen LogP contribution in [0, 0.1) is 0 Å². The second-order valence-corrected chi connectivity index (χ2v) is 4.73. The van der Waals surface area contributed by atoms with Crippen LogP contribution < -0.4 is 5.73 Å². The van der Waals surface area contributed by atoms with E-state index < -0.39 is 0 Å². The number of hydrogen-bond donors (Lipinski definition) is 1. The van der Waals surface area contributed by atoms with Crippen LogP contribution in [-0.4, -0.2) is 24.2 Å². The Kier molecular flexibility index (Phi) is 2.58. The lowest BCUT2D eigenvalue weighted by molar-refractivity contribution is 0.0326. The summed E-state index contributed by atoms with van der Waals surface area (Å²) in [6.07, 6.45) is 2.32. The molecule has 0 bridgehead atoms. The molecular formula is C13H18N2O. The van der Waals surface area contributed by atoms with Crippen molar-refractivity contribution in [3.63, 3.8) is 0 Å². The van der Waals surface area contributed by atoms with Crippen LogP contribution in [0.1, 0.15) is 24.0 Å². The van der Waals surface area contributed by atoms with Gasteiger partial charge in [0, 0.05) is 38.0 Å². The summed E-state index contributed by atoms with van der Waals surface area (Å²) >= 11 is 0. The Hall–Kier alpha value is -1.06. The predicted octanol–water partition coefficient (Wildman–Crippen LogP) is 1.76. The molecule has 2 aliphatic rings. The van der Waals surface area contributed by atoms with E-state index in [-0.39, 0.29) is 0 Å². The van der Waals surface area contributed by atoms with E-state index in [1.165, 1.54) is 11.1 Å². The molecule has 0 aliphatic carbocycles. The maximum atomic E-state index is 6.01. The van der Waals surface area contributed by atoms with Gasteiger partial charge < -0.3 is 10.5 Å². The van der Waals surface area contributed by atoms with Crippen molar-refractivity contribution in [3.8, 4) is 0 Å². The maximum absolute atomic E-state index is 6.01. The van der Waals surface area contributed by atoms with Gasteiger partial charge in [-0.3, -0.25) is 4.90 Å². The van der Waals surface area contributed by atoms with E-state index in [0.29, 0.717) is 6.04 Å². The van der Waals surface area contributed by atoms with Gasteiger partial charge in [0.25, 0.3) is 0 Å². The van der Waals surface area contributed by atoms with Crippen LogP contribution in [0.3, 0.4) is 0 Å². The van der Waals surface area contributed by atoms with Gasteiger partial charge in [-0.25, -0.2) is 0 Å². The van der Waals surface area contributed by atoms with Crippen molar-refractivity contribution in [2.45, 2.75) is 32.0 Å². The fourth-order valence-electron chi connectivity index (χ4n) is 2.78. The normalized spacial score (nSPS) is 22.2. The van der Waals surface area contributed by atoms with Crippen LogP contribution in [0.25, 0.3) is 0 Å². The molecule has 3 rings (SSSR count). The highest BCUT2D eigenvalue weighted by molar-refractivity contribution is 5.52. The standard InChI is InChI=1S/C13H18N2O/c14-13-3-1-2-10-8-15(9-12(10)13)11-4-6-16-7-5-11/h1-3,11H,4-9,14H2. The van der Waals surface area contributed by atoms with Gasteiger partial charge in [0.1, 0.15) is 0 Å². The van der Waals surface area contributed by atoms with Crippen molar-refractivity contribution in [3.05, 3.63) is 29.3 Å². The zero-order valence-electron chi connectivity index (χ0n) is 9.48. The van der Waals surface area contributed by atoms with Crippen molar-refractivity contribution in [2.24, 2.45) is 0 Å². The minimum atomic E-state index is 0.681. The molecule has 0 atom stereocenters. The Morgan fingerprint density at radius 3 is 2.75 bits per heavy atom. The predicted molar refractivity (Wildman–Crippen MR) is 63.9 cm³/mol. The molecule has 0 spiro atoms. The molecule has 1 aromatic rings. The summed E-state index contributed by atoms with van der Waals surface area (Å²) < 4.78 is 5.41. The van der Waals surface area contributed by atoms with E-state index in [0.717, 1.165) is 44.8 Å². The van der Waals surface area contributed by atoms with Gasteiger partial charge in [0.05, 0.1) is 0 Å². The van der Waals surface area contributed by atoms with Crippen LogP contribution in [0.2, 0.25) is 0 Å². The van der Waals surface area contributed by atoms with Crippen molar-refractivity contribution in [1.29, 1.82) is 0 Å². The Balaban J connectivity index is 1.77. The molecule has 0 amide bonds. The van der Waals surface area contributed by atoms with E-state index in [9.17, 15) is 0 Å². The number of ether oxygens (including phenoxy) is 1. The number of nitrogens with two attached hydrogens (primary N) is 1. The first-order chi connectivity index (χ1) is 7.84. The largest absolute Gasteiger partial charge is 0.398 e. The molecule has 2 aliphatic heterocycles. The first-order valence-electron chi connectivity index (χ1n) is 6.02. The highest BCUT2D eigenvalue weighted by Gasteiger charge is 2.27. The van der Waals surface area contributed by atoms with E-state index in [1.54, 1.807) is 0 Å². The van der Waals surface area contributed by atoms with E-state index >= 15 is 0 Å². The summed E-state index contributed by atoms with van der Waals surface area (Å²) in [5.41, 5.74) is 9.71. The Bertz CT molecular complexity index is 386. The van der Waals surface area contributed by atoms with Crippen LogP contribution >= 0.6 is 0 Å². The topological polar surface area (TPSA) is 38.5 Å². The monoisotopic (exact) mass is 218 g/mol. The van der Waals surface area contributed by atoms with Gasteiger partial charge in [0.15, 0.2) is 0 Å². The average molecular weight is 218 g/mol. The lowest BCUT2D eigenvalue weighted by atomic mass is 10.1. The third-order valence-electron chi connectivity index (χ3n) is 3.75. The summed E-state index contributed by atoms with van der Waals surface area (Å²) in [7, 11) is 0. The van der Waals surface area contributed by atoms with Crippen LogP contribution in [0.15, 0.2) is 18.2 Å². The molecule has 0 aromatic heterocycles. The highest BCUT2D eigenvalue weighted by Crippen LogP contribution is 2.31. The lowest BCUT2D eigenvalue weighted by Crippen LogP contribution is -2.35. The number of nitrogens with zero attached hydrogens (tertiary/aromatic N) is 1. The highest BCUT2D eigenvalue weighted by atomic mass is 16.5. The van der Waals surface area contributed by atoms with Gasteiger partial charge in [0.2, 0.25) is 0 Å². The quantitative estimate of drug-likeness (QED) is 0.730. The number of hydrogen-bond acceptors (Lipinski definition) is 3. The molecule has 2 heterocycles. The Morgan fingerprint density at radius 1 is 1.19 bits per heavy atom. The Morgan fingerprint density at radius 2 is 2.00 bits per heavy atom. The SMILES string of the molecule is Nc1cccc2c1CN(C1CCOCC1)C2. The average Bonchev–Trinajstić information content (AvgIpc) is 2.76. The van der Waals surface area contributed by atoms with Gasteiger partial charge in [-0.05, 0) is 30.0 Å². The van der Waals surface area contributed by atoms with Crippen LogP contribution in [0.4, 0.5) is 5.69 Å². The first kappa shape index (κ1) is 10.1. The molecule has 1 fully saturated rings. The molecule has 0 unspecified atom stereocenters. The van der Waals surface area contributed by atoms with Crippen molar-refractivity contribution < 1.29 is 4.74 Å². The molecule has 3 heteroatoms. The third kappa shape index (κ3) is 1.70. The Labute approximate surface area is 96.2 Å². The van der Waals surface area contributed by atoms with E-state index in [2.05, 4.69) is 17.0 Å². The van der Waals surface area contributed by atoms with Crippen LogP contribution in [0.5, 0.6) is 0 Å². The second kappa shape index (κ2) is 4.07. The molecule has 16 heavy (non-hydrogen) atoms. The molecule has 1 saturated heterocycles. The maximum Gasteiger partial charge on any atom is 0.0480 e. The first-order valence-corrected chi connectivity index (χ1v) is 6.02. The van der Waals surface area contributed by atoms with Gasteiger partial charge in [-0.2, -0.15) is 0 Å². The van der Waals surface area contributed by atoms with E-state index in [1.807, 2.05) is 6.07 Å². The number of nitrogen functional groups attached to an aromatic ring is 1. The molecular weight excluding hydrogens is 200 g/mol. The summed E-state index contributed by atoms with van der Waals surface area (Å²) in [6, 6.07) is 6.94. The summed E-state index contributed by atoms with van der Waals surface area (Å²) in [4.78, 5) is 2.55. The van der Waals surface area contributed by atoms with Gasteiger partial charge >= 0.3 is 0 Å². The number of anilines is 1. The minimum Gasteiger partial charge on any atom is -0.398 e. The second-order valence-electron chi connectivity index (χ2n) is 4.73.